The second-order valence-electron chi connectivity index (χ2n) is 7.12. The highest BCUT2D eigenvalue weighted by Gasteiger charge is 2.37. The monoisotopic (exact) mass is 439 g/mol. The van der Waals surface area contributed by atoms with Crippen molar-refractivity contribution >= 4 is 39.1 Å². The molecule has 3 aromatic heterocycles. The van der Waals surface area contributed by atoms with Gasteiger partial charge in [0.05, 0.1) is 17.4 Å². The van der Waals surface area contributed by atoms with Gasteiger partial charge in [0.25, 0.3) is 5.91 Å². The highest BCUT2D eigenvalue weighted by Crippen LogP contribution is 2.34. The van der Waals surface area contributed by atoms with Crippen LogP contribution in [0, 0.1) is 0 Å². The molecule has 0 unspecified atom stereocenters. The molecule has 12 heteroatoms. The highest BCUT2D eigenvalue weighted by molar-refractivity contribution is 7.17. The summed E-state index contributed by atoms with van der Waals surface area (Å²) in [7, 11) is 1.36. The van der Waals surface area contributed by atoms with Gasteiger partial charge in [-0.25, -0.2) is 9.97 Å². The van der Waals surface area contributed by atoms with Gasteiger partial charge < -0.3 is 16.0 Å². The molecular weight excluding hydrogens is 419 g/mol. The molecule has 0 aromatic carbocycles. The van der Waals surface area contributed by atoms with Crippen LogP contribution in [0.25, 0.3) is 10.3 Å². The number of hydrogen-bond donors (Lipinski definition) is 3. The minimum absolute atomic E-state index is 0.169. The molecule has 0 saturated carbocycles. The van der Waals surface area contributed by atoms with Crippen LogP contribution in [0.4, 0.5) is 24.7 Å². The minimum Gasteiger partial charge on any atom is -0.365 e. The number of anilines is 2. The first-order valence-corrected chi connectivity index (χ1v) is 10.3. The van der Waals surface area contributed by atoms with E-state index in [9.17, 15) is 18.0 Å². The number of nitrogens with zero attached hydrogens (tertiary/aromatic N) is 4. The van der Waals surface area contributed by atoms with Crippen molar-refractivity contribution in [3.8, 4) is 0 Å². The Morgan fingerprint density at radius 3 is 3.00 bits per heavy atom. The zero-order valence-electron chi connectivity index (χ0n) is 16.1. The summed E-state index contributed by atoms with van der Waals surface area (Å²) in [6.45, 7) is 1.78. The molecule has 1 atom stereocenters. The van der Waals surface area contributed by atoms with Crippen molar-refractivity contribution in [2.24, 2.45) is 7.05 Å². The molecule has 160 valence electrons. The largest absolute Gasteiger partial charge is 0.437 e. The third-order valence-electron chi connectivity index (χ3n) is 4.77. The lowest BCUT2D eigenvalue weighted by Crippen LogP contribution is -2.31. The first kappa shape index (κ1) is 20.5. The van der Waals surface area contributed by atoms with E-state index in [1.54, 1.807) is 11.6 Å². The van der Waals surface area contributed by atoms with E-state index in [2.05, 4.69) is 31.0 Å². The van der Waals surface area contributed by atoms with Crippen molar-refractivity contribution < 1.29 is 18.0 Å². The lowest BCUT2D eigenvalue weighted by atomic mass is 10.1. The molecular formula is C18H20F3N7OS. The van der Waals surface area contributed by atoms with E-state index >= 15 is 0 Å². The SMILES string of the molecule is Cn1cc(NC(=O)c2csc3ncc(N[C@@H]4CCCCNC4)nc23)c(C(F)(F)F)n1. The van der Waals surface area contributed by atoms with Crippen LogP contribution in [-0.2, 0) is 13.2 Å². The van der Waals surface area contributed by atoms with E-state index in [0.717, 1.165) is 43.2 Å². The summed E-state index contributed by atoms with van der Waals surface area (Å²) >= 11 is 1.21. The maximum absolute atomic E-state index is 13.2. The minimum atomic E-state index is -4.68. The van der Waals surface area contributed by atoms with Gasteiger partial charge in [-0.1, -0.05) is 6.42 Å². The molecule has 8 nitrogen and oxygen atoms in total. The molecule has 4 rings (SSSR count). The molecule has 30 heavy (non-hydrogen) atoms. The maximum Gasteiger partial charge on any atom is 0.437 e. The molecule has 4 heterocycles. The molecule has 0 aliphatic carbocycles. The van der Waals surface area contributed by atoms with Crippen LogP contribution < -0.4 is 16.0 Å². The Morgan fingerprint density at radius 2 is 2.20 bits per heavy atom. The zero-order chi connectivity index (χ0) is 21.3. The predicted octanol–water partition coefficient (Wildman–Crippen LogP) is 3.25. The van der Waals surface area contributed by atoms with E-state index in [1.165, 1.54) is 18.4 Å². The molecule has 1 amide bonds. The molecule has 1 aliphatic rings. The van der Waals surface area contributed by atoms with Crippen molar-refractivity contribution in [3.05, 3.63) is 29.0 Å². The van der Waals surface area contributed by atoms with E-state index in [4.69, 9.17) is 0 Å². The van der Waals surface area contributed by atoms with Gasteiger partial charge in [-0.2, -0.15) is 18.3 Å². The fraction of sp³-hybridized carbons (Fsp3) is 0.444. The van der Waals surface area contributed by atoms with Crippen LogP contribution in [-0.4, -0.2) is 44.8 Å². The number of fused-ring (bicyclic) bond motifs is 1. The van der Waals surface area contributed by atoms with Crippen molar-refractivity contribution in [1.82, 2.24) is 25.1 Å². The maximum atomic E-state index is 13.2. The molecule has 3 N–H and O–H groups in total. The Bertz CT molecular complexity index is 1050. The summed E-state index contributed by atoms with van der Waals surface area (Å²) in [5.41, 5.74) is -1.03. The average Bonchev–Trinajstić information content (AvgIpc) is 3.17. The molecule has 1 saturated heterocycles. The highest BCUT2D eigenvalue weighted by atomic mass is 32.1. The molecule has 3 aromatic rings. The van der Waals surface area contributed by atoms with Gasteiger partial charge in [0.15, 0.2) is 5.69 Å². The lowest BCUT2D eigenvalue weighted by molar-refractivity contribution is -0.140. The second kappa shape index (κ2) is 8.19. The van der Waals surface area contributed by atoms with Gasteiger partial charge in [-0.15, -0.1) is 11.3 Å². The lowest BCUT2D eigenvalue weighted by Gasteiger charge is -2.16. The van der Waals surface area contributed by atoms with Crippen LogP contribution in [0.2, 0.25) is 0 Å². The van der Waals surface area contributed by atoms with Crippen LogP contribution in [0.15, 0.2) is 17.8 Å². The van der Waals surface area contributed by atoms with Gasteiger partial charge in [0.1, 0.15) is 16.2 Å². The predicted molar refractivity (Wildman–Crippen MR) is 108 cm³/mol. The number of carbonyl (C=O) groups excluding carboxylic acids is 1. The number of thiophene rings is 1. The van der Waals surface area contributed by atoms with Crippen LogP contribution >= 0.6 is 11.3 Å². The quantitative estimate of drug-likeness (QED) is 0.578. The summed E-state index contributed by atoms with van der Waals surface area (Å²) in [5, 5.41) is 13.9. The number of aryl methyl sites for hydroxylation is 1. The second-order valence-corrected chi connectivity index (χ2v) is 7.97. The van der Waals surface area contributed by atoms with Gasteiger partial charge in [0.2, 0.25) is 0 Å². The average molecular weight is 439 g/mol. The molecule has 1 fully saturated rings. The number of alkyl halides is 3. The van der Waals surface area contributed by atoms with Crippen molar-refractivity contribution in [1.29, 1.82) is 0 Å². The van der Waals surface area contributed by atoms with Gasteiger partial charge in [-0.3, -0.25) is 9.48 Å². The van der Waals surface area contributed by atoms with Crippen LogP contribution in [0.3, 0.4) is 0 Å². The smallest absolute Gasteiger partial charge is 0.365 e. The number of amides is 1. The number of aromatic nitrogens is 4. The summed E-state index contributed by atoms with van der Waals surface area (Å²) in [5.74, 6) is -0.164. The number of hydrogen-bond acceptors (Lipinski definition) is 7. The van der Waals surface area contributed by atoms with E-state index in [0.29, 0.717) is 16.2 Å². The molecule has 0 spiro atoms. The Kier molecular flexibility index (Phi) is 5.60. The summed E-state index contributed by atoms with van der Waals surface area (Å²) in [4.78, 5) is 22.1. The molecule has 0 radical (unpaired) electrons. The molecule has 0 bridgehead atoms. The summed E-state index contributed by atoms with van der Waals surface area (Å²) in [6, 6.07) is 0.194. The Hall–Kier alpha value is -2.73. The Labute approximate surface area is 173 Å². The van der Waals surface area contributed by atoms with Crippen molar-refractivity contribution in [2.75, 3.05) is 23.7 Å². The third-order valence-corrected chi connectivity index (χ3v) is 5.65. The first-order valence-electron chi connectivity index (χ1n) is 9.45. The number of carbonyl (C=O) groups is 1. The number of rotatable bonds is 4. The third kappa shape index (κ3) is 4.38. The fourth-order valence-corrected chi connectivity index (χ4v) is 4.20. The standard InChI is InChI=1S/C18H20F3N7OS/c1-28-8-12(15(27-28)18(19,20)21)25-16(29)11-9-30-17-14(11)26-13(7-23-17)24-10-4-2-3-5-22-6-10/h7-10,22H,2-6H2,1H3,(H,24,26)(H,25,29)/t10-/m1/s1. The first-order chi connectivity index (χ1) is 14.3. The number of halogens is 3. The normalized spacial score (nSPS) is 17.7. The van der Waals surface area contributed by atoms with Gasteiger partial charge in [-0.05, 0) is 19.4 Å². The Balaban J connectivity index is 1.57. The van der Waals surface area contributed by atoms with Crippen LogP contribution in [0.1, 0.15) is 35.3 Å². The van der Waals surface area contributed by atoms with E-state index in [-0.39, 0.29) is 11.6 Å². The fourth-order valence-electron chi connectivity index (χ4n) is 3.37. The number of nitrogens with one attached hydrogen (secondary N) is 3. The van der Waals surface area contributed by atoms with Crippen molar-refractivity contribution in [2.45, 2.75) is 31.5 Å². The zero-order valence-corrected chi connectivity index (χ0v) is 16.9. The summed E-state index contributed by atoms with van der Waals surface area (Å²) in [6.07, 6.45) is 1.25. The van der Waals surface area contributed by atoms with Gasteiger partial charge >= 0.3 is 6.18 Å². The Morgan fingerprint density at radius 1 is 1.37 bits per heavy atom. The van der Waals surface area contributed by atoms with E-state index < -0.39 is 23.5 Å². The molecule has 1 aliphatic heterocycles. The van der Waals surface area contributed by atoms with Crippen molar-refractivity contribution in [3.63, 3.8) is 0 Å². The summed E-state index contributed by atoms with van der Waals surface area (Å²) < 4.78 is 40.5. The van der Waals surface area contributed by atoms with E-state index in [1.807, 2.05) is 0 Å². The topological polar surface area (TPSA) is 96.8 Å². The van der Waals surface area contributed by atoms with Crippen LogP contribution in [0.5, 0.6) is 0 Å². The van der Waals surface area contributed by atoms with Gasteiger partial charge in [0, 0.05) is 31.2 Å².